The maximum atomic E-state index is 12.9. The van der Waals surface area contributed by atoms with Crippen molar-refractivity contribution in [3.63, 3.8) is 0 Å². The van der Waals surface area contributed by atoms with E-state index < -0.39 is 32.4 Å². The number of rotatable bonds is 6. The van der Waals surface area contributed by atoms with Crippen molar-refractivity contribution in [2.75, 3.05) is 4.72 Å². The van der Waals surface area contributed by atoms with Gasteiger partial charge in [-0.1, -0.05) is 23.8 Å². The third-order valence-corrected chi connectivity index (χ3v) is 5.48. The van der Waals surface area contributed by atoms with Crippen LogP contribution in [-0.2, 0) is 16.2 Å². The number of nitrogens with zero attached hydrogens (tertiary/aromatic N) is 1. The van der Waals surface area contributed by atoms with Crippen LogP contribution in [0.3, 0.4) is 0 Å². The van der Waals surface area contributed by atoms with Crippen LogP contribution in [0.5, 0.6) is 11.5 Å². The molecule has 1 N–H and O–H groups in total. The molecule has 0 unspecified atom stereocenters. The number of anilines is 1. The third kappa shape index (κ3) is 5.51. The highest BCUT2D eigenvalue weighted by molar-refractivity contribution is 7.92. The van der Waals surface area contributed by atoms with Crippen LogP contribution in [0.1, 0.15) is 11.1 Å². The Morgan fingerprint density at radius 1 is 0.968 bits per heavy atom. The van der Waals surface area contributed by atoms with E-state index in [1.807, 2.05) is 0 Å². The molecule has 0 radical (unpaired) electrons. The molecule has 7 nitrogen and oxygen atoms in total. The number of hydrogen-bond donors (Lipinski definition) is 1. The molecule has 0 amide bonds. The highest BCUT2D eigenvalue weighted by Crippen LogP contribution is 2.34. The zero-order valence-corrected chi connectivity index (χ0v) is 16.7. The van der Waals surface area contributed by atoms with Crippen LogP contribution in [-0.4, -0.2) is 13.3 Å². The van der Waals surface area contributed by atoms with Crippen molar-refractivity contribution in [2.24, 2.45) is 0 Å². The number of aryl methyl sites for hydroxylation is 1. The maximum absolute atomic E-state index is 12.9. The fraction of sp³-hybridized carbons (Fsp3) is 0.100. The Labute approximate surface area is 175 Å². The van der Waals surface area contributed by atoms with Gasteiger partial charge < -0.3 is 4.74 Å². The lowest BCUT2D eigenvalue weighted by atomic mass is 10.2. The molecule has 0 saturated heterocycles. The first-order valence-corrected chi connectivity index (χ1v) is 10.2. The number of nitrogens with one attached hydrogen (secondary N) is 1. The first-order chi connectivity index (χ1) is 14.4. The predicted octanol–water partition coefficient (Wildman–Crippen LogP) is 5.52. The third-order valence-electron chi connectivity index (χ3n) is 4.08. The molecule has 0 aliphatic heterocycles. The number of nitro groups is 1. The van der Waals surface area contributed by atoms with Crippen molar-refractivity contribution < 1.29 is 31.2 Å². The smallest absolute Gasteiger partial charge is 0.416 e. The lowest BCUT2D eigenvalue weighted by molar-refractivity contribution is -0.384. The molecule has 3 aromatic carbocycles. The average Bonchev–Trinajstić information content (AvgIpc) is 2.67. The first kappa shape index (κ1) is 22.1. The van der Waals surface area contributed by atoms with Crippen molar-refractivity contribution in [3.05, 3.63) is 88.0 Å². The minimum atomic E-state index is -4.60. The molecule has 0 bridgehead atoms. The van der Waals surface area contributed by atoms with E-state index in [1.165, 1.54) is 18.2 Å². The van der Waals surface area contributed by atoms with Gasteiger partial charge >= 0.3 is 6.18 Å². The monoisotopic (exact) mass is 452 g/mol. The van der Waals surface area contributed by atoms with Gasteiger partial charge in [-0.3, -0.25) is 14.8 Å². The zero-order valence-electron chi connectivity index (χ0n) is 15.9. The van der Waals surface area contributed by atoms with Gasteiger partial charge in [0, 0.05) is 12.1 Å². The normalized spacial score (nSPS) is 11.7. The molecule has 0 atom stereocenters. The van der Waals surface area contributed by atoms with Gasteiger partial charge in [0.1, 0.15) is 11.5 Å². The summed E-state index contributed by atoms with van der Waals surface area (Å²) in [6.07, 6.45) is -4.60. The fourth-order valence-electron chi connectivity index (χ4n) is 2.61. The van der Waals surface area contributed by atoms with E-state index in [4.69, 9.17) is 4.74 Å². The topological polar surface area (TPSA) is 98.5 Å². The number of sulfonamides is 1. The largest absolute Gasteiger partial charge is 0.457 e. The van der Waals surface area contributed by atoms with E-state index in [0.717, 1.165) is 42.0 Å². The quantitative estimate of drug-likeness (QED) is 0.393. The van der Waals surface area contributed by atoms with Gasteiger partial charge in [0.15, 0.2) is 0 Å². The Hall–Kier alpha value is -3.60. The highest BCUT2D eigenvalue weighted by Gasteiger charge is 2.30. The van der Waals surface area contributed by atoms with Crippen LogP contribution in [0.25, 0.3) is 0 Å². The van der Waals surface area contributed by atoms with Crippen LogP contribution in [0.2, 0.25) is 0 Å². The van der Waals surface area contributed by atoms with Gasteiger partial charge in [0.2, 0.25) is 0 Å². The Balaban J connectivity index is 1.95. The molecule has 0 saturated carbocycles. The van der Waals surface area contributed by atoms with Gasteiger partial charge in [-0.25, -0.2) is 8.42 Å². The van der Waals surface area contributed by atoms with E-state index in [-0.39, 0.29) is 22.1 Å². The molecule has 0 fully saturated rings. The Bertz CT molecular complexity index is 1230. The molecule has 11 heteroatoms. The molecule has 0 spiro atoms. The van der Waals surface area contributed by atoms with E-state index in [2.05, 4.69) is 4.72 Å². The summed E-state index contributed by atoms with van der Waals surface area (Å²) in [6.45, 7) is 1.78. The summed E-state index contributed by atoms with van der Waals surface area (Å²) in [4.78, 5) is 10.4. The fourth-order valence-corrected chi connectivity index (χ4v) is 3.65. The number of ether oxygens (including phenoxy) is 1. The molecule has 3 rings (SSSR count). The molecule has 0 heterocycles. The molecular weight excluding hydrogens is 437 g/mol. The van der Waals surface area contributed by atoms with E-state index >= 15 is 0 Å². The van der Waals surface area contributed by atoms with Crippen LogP contribution < -0.4 is 9.46 Å². The van der Waals surface area contributed by atoms with Gasteiger partial charge in [0.25, 0.3) is 15.7 Å². The summed E-state index contributed by atoms with van der Waals surface area (Å²) in [5.74, 6) is -0.433. The second-order valence-electron chi connectivity index (χ2n) is 6.52. The number of hydrogen-bond acceptors (Lipinski definition) is 5. The maximum Gasteiger partial charge on any atom is 0.416 e. The van der Waals surface area contributed by atoms with Crippen LogP contribution in [0.15, 0.2) is 71.6 Å². The summed E-state index contributed by atoms with van der Waals surface area (Å²) in [5, 5.41) is 11.2. The Morgan fingerprint density at radius 3 is 2.26 bits per heavy atom. The second kappa shape index (κ2) is 8.26. The second-order valence-corrected chi connectivity index (χ2v) is 8.20. The summed E-state index contributed by atoms with van der Waals surface area (Å²) in [5.41, 5.74) is -0.815. The average molecular weight is 452 g/mol. The number of benzene rings is 3. The summed E-state index contributed by atoms with van der Waals surface area (Å²) in [6, 6.07) is 12.9. The van der Waals surface area contributed by atoms with E-state index in [1.54, 1.807) is 19.1 Å². The lowest BCUT2D eigenvalue weighted by Crippen LogP contribution is -2.13. The van der Waals surface area contributed by atoms with Gasteiger partial charge in [-0.05, 0) is 37.3 Å². The molecule has 0 aliphatic carbocycles. The molecule has 31 heavy (non-hydrogen) atoms. The predicted molar refractivity (Wildman–Crippen MR) is 107 cm³/mol. The first-order valence-electron chi connectivity index (χ1n) is 8.68. The molecule has 162 valence electrons. The van der Waals surface area contributed by atoms with Gasteiger partial charge in [-0.15, -0.1) is 0 Å². The van der Waals surface area contributed by atoms with Crippen LogP contribution in [0, 0.1) is 17.0 Å². The minimum Gasteiger partial charge on any atom is -0.457 e. The van der Waals surface area contributed by atoms with Crippen LogP contribution in [0.4, 0.5) is 24.5 Å². The van der Waals surface area contributed by atoms with Gasteiger partial charge in [-0.2, -0.15) is 13.2 Å². The molecular formula is C20H15F3N2O5S. The number of halogens is 3. The summed E-state index contributed by atoms with van der Waals surface area (Å²) >= 11 is 0. The number of alkyl halides is 3. The summed E-state index contributed by atoms with van der Waals surface area (Å²) < 4.78 is 71.4. The van der Waals surface area contributed by atoms with Crippen molar-refractivity contribution >= 4 is 21.4 Å². The molecule has 3 aromatic rings. The van der Waals surface area contributed by atoms with Crippen molar-refractivity contribution in [1.82, 2.24) is 0 Å². The van der Waals surface area contributed by atoms with E-state index in [9.17, 15) is 31.7 Å². The van der Waals surface area contributed by atoms with Crippen molar-refractivity contribution in [2.45, 2.75) is 18.0 Å². The molecule has 0 aliphatic rings. The van der Waals surface area contributed by atoms with Crippen molar-refractivity contribution in [3.8, 4) is 11.5 Å². The lowest BCUT2D eigenvalue weighted by Gasteiger charge is -2.12. The van der Waals surface area contributed by atoms with Crippen LogP contribution >= 0.6 is 0 Å². The molecule has 0 aromatic heterocycles. The number of nitro benzene ring substituents is 1. The zero-order chi connectivity index (χ0) is 22.8. The number of non-ortho nitro benzene ring substituents is 1. The Morgan fingerprint density at radius 2 is 1.65 bits per heavy atom. The van der Waals surface area contributed by atoms with Crippen molar-refractivity contribution in [1.29, 1.82) is 0 Å². The van der Waals surface area contributed by atoms with E-state index in [0.29, 0.717) is 0 Å². The highest BCUT2D eigenvalue weighted by atomic mass is 32.2. The van der Waals surface area contributed by atoms with Gasteiger partial charge in [0.05, 0.1) is 27.1 Å². The summed E-state index contributed by atoms with van der Waals surface area (Å²) in [7, 11) is -4.07. The standard InChI is InChI=1S/C20H15F3N2O5S/c1-13-5-7-19(8-6-13)31(28,29)24-15-10-16(25(26)27)12-18(11-15)30-17-4-2-3-14(9-17)20(21,22)23/h2-12,24H,1H3. The Kier molecular flexibility index (Phi) is 5.89. The SMILES string of the molecule is Cc1ccc(S(=O)(=O)Nc2cc(Oc3cccc(C(F)(F)F)c3)cc([N+](=O)[O-])c2)cc1. The minimum absolute atomic E-state index is 0.0649.